The van der Waals surface area contributed by atoms with Crippen molar-refractivity contribution in [1.29, 1.82) is 0 Å². The first-order chi connectivity index (χ1) is 20.0. The highest BCUT2D eigenvalue weighted by molar-refractivity contribution is 6.09. The number of likely N-dealkylation sites (tertiary alicyclic amines) is 1. The second kappa shape index (κ2) is 11.4. The Hall–Kier alpha value is -4.75. The number of phenols is 2. The van der Waals surface area contributed by atoms with Crippen LogP contribution < -0.4 is 14.5 Å². The minimum absolute atomic E-state index is 0.0483. The van der Waals surface area contributed by atoms with E-state index in [-0.39, 0.29) is 23.5 Å². The van der Waals surface area contributed by atoms with Crippen LogP contribution in [-0.4, -0.2) is 48.1 Å². The summed E-state index contributed by atoms with van der Waals surface area (Å²) < 4.78 is 10.9. The average molecular weight is 548 g/mol. The largest absolute Gasteiger partial charge is 0.504 e. The monoisotopic (exact) mass is 547 g/mol. The van der Waals surface area contributed by atoms with Crippen LogP contribution in [0.2, 0.25) is 0 Å². The lowest BCUT2D eigenvalue weighted by Crippen LogP contribution is -2.43. The Kier molecular flexibility index (Phi) is 7.35. The molecule has 2 unspecified atom stereocenters. The molecule has 1 fully saturated rings. The summed E-state index contributed by atoms with van der Waals surface area (Å²) in [5, 5.41) is 27.9. The number of methoxy groups -OCH3 is 2. The number of hydrogen-bond donors (Lipinski definition) is 2. The van der Waals surface area contributed by atoms with Crippen LogP contribution in [0.3, 0.4) is 0 Å². The number of piperidine rings is 1. The van der Waals surface area contributed by atoms with Crippen molar-refractivity contribution in [2.24, 2.45) is 11.0 Å². The van der Waals surface area contributed by atoms with Gasteiger partial charge in [-0.15, -0.1) is 0 Å². The minimum Gasteiger partial charge on any atom is -0.504 e. The zero-order valence-corrected chi connectivity index (χ0v) is 23.1. The Morgan fingerprint density at radius 1 is 0.829 bits per heavy atom. The van der Waals surface area contributed by atoms with Crippen LogP contribution in [0.5, 0.6) is 23.0 Å². The van der Waals surface area contributed by atoms with Crippen molar-refractivity contribution < 1.29 is 19.7 Å². The van der Waals surface area contributed by atoms with Crippen LogP contribution >= 0.6 is 0 Å². The van der Waals surface area contributed by atoms with Crippen LogP contribution in [0.4, 0.5) is 5.69 Å². The maximum Gasteiger partial charge on any atom is 0.161 e. The Morgan fingerprint density at radius 3 is 2.20 bits per heavy atom. The predicted octanol–water partition coefficient (Wildman–Crippen LogP) is 6.25. The van der Waals surface area contributed by atoms with Crippen LogP contribution in [-0.2, 0) is 6.54 Å². The van der Waals surface area contributed by atoms with Gasteiger partial charge in [0.15, 0.2) is 23.0 Å². The number of hydrogen-bond acceptors (Lipinski definition) is 7. The van der Waals surface area contributed by atoms with Gasteiger partial charge < -0.3 is 19.7 Å². The predicted molar refractivity (Wildman–Crippen MR) is 162 cm³/mol. The molecule has 2 N–H and O–H groups in total. The molecule has 6 rings (SSSR count). The number of hydrazone groups is 1. The molecule has 2 aliphatic heterocycles. The van der Waals surface area contributed by atoms with Crippen molar-refractivity contribution in [1.82, 2.24) is 4.90 Å². The van der Waals surface area contributed by atoms with Crippen molar-refractivity contribution in [3.05, 3.63) is 119 Å². The molecule has 1 saturated heterocycles. The Balaban J connectivity index is 1.47. The molecular weight excluding hydrogens is 514 g/mol. The van der Waals surface area contributed by atoms with E-state index >= 15 is 0 Å². The minimum atomic E-state index is -0.113. The fourth-order valence-corrected chi connectivity index (χ4v) is 5.84. The fourth-order valence-electron chi connectivity index (χ4n) is 5.84. The van der Waals surface area contributed by atoms with E-state index < -0.39 is 0 Å². The lowest BCUT2D eigenvalue weighted by molar-refractivity contribution is 0.245. The summed E-state index contributed by atoms with van der Waals surface area (Å²) in [4.78, 5) is 2.46. The number of ether oxygens (including phenoxy) is 2. The molecule has 2 aliphatic rings. The maximum atomic E-state index is 10.4. The Labute approximate surface area is 240 Å². The SMILES string of the molecule is COc1cc(/C=C2\CN(Cc3ccccc3)CC3C2=NN(c2ccccc2)C3c2ccc(O)c(OC)c2)ccc1O. The van der Waals surface area contributed by atoms with Crippen molar-refractivity contribution in [3.8, 4) is 23.0 Å². The number of benzene rings is 4. The molecule has 2 atom stereocenters. The molecule has 0 saturated carbocycles. The molecule has 0 amide bonds. The van der Waals surface area contributed by atoms with E-state index in [1.165, 1.54) is 5.56 Å². The quantitative estimate of drug-likeness (QED) is 0.285. The highest BCUT2D eigenvalue weighted by atomic mass is 16.5. The molecule has 208 valence electrons. The van der Waals surface area contributed by atoms with E-state index in [1.807, 2.05) is 48.5 Å². The van der Waals surface area contributed by atoms with Gasteiger partial charge in [0.25, 0.3) is 0 Å². The van der Waals surface area contributed by atoms with Gasteiger partial charge in [0.05, 0.1) is 31.7 Å². The van der Waals surface area contributed by atoms with Crippen LogP contribution in [0, 0.1) is 5.92 Å². The fraction of sp³-hybridized carbons (Fsp3) is 0.206. The Morgan fingerprint density at radius 2 is 1.49 bits per heavy atom. The van der Waals surface area contributed by atoms with E-state index in [0.29, 0.717) is 11.5 Å². The first-order valence-corrected chi connectivity index (χ1v) is 13.7. The second-order valence-electron chi connectivity index (χ2n) is 10.4. The number of nitrogens with zero attached hydrogens (tertiary/aromatic N) is 3. The number of para-hydroxylation sites is 1. The summed E-state index contributed by atoms with van der Waals surface area (Å²) in [6.45, 7) is 2.33. The molecule has 4 aromatic rings. The van der Waals surface area contributed by atoms with Crippen molar-refractivity contribution in [3.63, 3.8) is 0 Å². The van der Waals surface area contributed by atoms with Gasteiger partial charge in [-0.1, -0.05) is 60.7 Å². The van der Waals surface area contributed by atoms with E-state index in [4.69, 9.17) is 14.6 Å². The highest BCUT2D eigenvalue weighted by Gasteiger charge is 2.44. The van der Waals surface area contributed by atoms with Crippen LogP contribution in [0.1, 0.15) is 22.7 Å². The maximum absolute atomic E-state index is 10.4. The van der Waals surface area contributed by atoms with Crippen LogP contribution in [0.15, 0.2) is 108 Å². The standard InChI is InChI=1S/C34H33N3O4/c1-40-31-18-24(13-15-29(31)38)17-26-21-36(20-23-9-5-3-6-10-23)22-28-33(26)35-37(27-11-7-4-8-12-27)34(28)25-14-16-30(39)32(19-25)41-2/h3-19,28,34,38-39H,20-22H2,1-2H3/b26-17+. The molecule has 0 aliphatic carbocycles. The number of phenolic OH excluding ortho intramolecular Hbond substituents is 2. The topological polar surface area (TPSA) is 77.8 Å². The van der Waals surface area contributed by atoms with Gasteiger partial charge in [0.1, 0.15) is 0 Å². The molecule has 0 radical (unpaired) electrons. The number of rotatable bonds is 7. The third-order valence-corrected chi connectivity index (χ3v) is 7.75. The number of anilines is 1. The number of aromatic hydroxyl groups is 2. The summed E-state index contributed by atoms with van der Waals surface area (Å²) >= 11 is 0. The highest BCUT2D eigenvalue weighted by Crippen LogP contribution is 2.45. The second-order valence-corrected chi connectivity index (χ2v) is 10.4. The third-order valence-electron chi connectivity index (χ3n) is 7.75. The lowest BCUT2D eigenvalue weighted by atomic mass is 9.82. The van der Waals surface area contributed by atoms with Crippen molar-refractivity contribution >= 4 is 17.5 Å². The summed E-state index contributed by atoms with van der Waals surface area (Å²) in [6, 6.07) is 31.5. The zero-order valence-electron chi connectivity index (χ0n) is 23.1. The molecule has 7 nitrogen and oxygen atoms in total. The molecule has 7 heteroatoms. The summed E-state index contributed by atoms with van der Waals surface area (Å²) in [6.07, 6.45) is 2.15. The number of fused-ring (bicyclic) bond motifs is 1. The van der Waals surface area contributed by atoms with Gasteiger partial charge in [0.2, 0.25) is 0 Å². The molecule has 2 heterocycles. The molecule has 41 heavy (non-hydrogen) atoms. The van der Waals surface area contributed by atoms with Crippen molar-refractivity contribution in [2.45, 2.75) is 12.6 Å². The van der Waals surface area contributed by atoms with Gasteiger partial charge in [-0.25, -0.2) is 0 Å². The summed E-state index contributed by atoms with van der Waals surface area (Å²) in [5.74, 6) is 1.13. The van der Waals surface area contributed by atoms with Gasteiger partial charge in [0, 0.05) is 25.6 Å². The van der Waals surface area contributed by atoms with E-state index in [9.17, 15) is 10.2 Å². The van der Waals surface area contributed by atoms with E-state index in [0.717, 1.165) is 47.7 Å². The van der Waals surface area contributed by atoms with E-state index in [1.54, 1.807) is 26.4 Å². The lowest BCUT2D eigenvalue weighted by Gasteiger charge is -2.36. The smallest absolute Gasteiger partial charge is 0.161 e. The van der Waals surface area contributed by atoms with Gasteiger partial charge in [-0.05, 0) is 64.7 Å². The third kappa shape index (κ3) is 5.36. The van der Waals surface area contributed by atoms with E-state index in [2.05, 4.69) is 52.4 Å². The molecule has 0 bridgehead atoms. The first-order valence-electron chi connectivity index (χ1n) is 13.7. The first kappa shape index (κ1) is 26.5. The van der Waals surface area contributed by atoms with Crippen molar-refractivity contribution in [2.75, 3.05) is 32.3 Å². The van der Waals surface area contributed by atoms with Gasteiger partial charge in [-0.2, -0.15) is 5.10 Å². The molecule has 4 aromatic carbocycles. The van der Waals surface area contributed by atoms with Crippen LogP contribution in [0.25, 0.3) is 6.08 Å². The Bertz CT molecular complexity index is 1590. The summed E-state index contributed by atoms with van der Waals surface area (Å²) in [7, 11) is 3.12. The zero-order chi connectivity index (χ0) is 28.3. The molecular formula is C34H33N3O4. The summed E-state index contributed by atoms with van der Waals surface area (Å²) in [5.41, 5.74) is 6.32. The molecule has 0 spiro atoms. The molecule has 0 aromatic heterocycles. The average Bonchev–Trinajstić information content (AvgIpc) is 3.39. The normalized spacial score (nSPS) is 19.6. The van der Waals surface area contributed by atoms with Gasteiger partial charge in [-0.3, -0.25) is 9.91 Å². The van der Waals surface area contributed by atoms with Gasteiger partial charge >= 0.3 is 0 Å².